The summed E-state index contributed by atoms with van der Waals surface area (Å²) in [7, 11) is 0. The van der Waals surface area contributed by atoms with Crippen molar-refractivity contribution in [2.75, 3.05) is 0 Å². The Hall–Kier alpha value is -7.15. The van der Waals surface area contributed by atoms with Crippen molar-refractivity contribution in [2.45, 2.75) is 0 Å². The Morgan fingerprint density at radius 2 is 1.11 bits per heavy atom. The van der Waals surface area contributed by atoms with Gasteiger partial charge in [0.1, 0.15) is 4.83 Å². The third-order valence-corrected chi connectivity index (χ3v) is 12.0. The molecule has 55 heavy (non-hydrogen) atoms. The van der Waals surface area contributed by atoms with Crippen LogP contribution in [0.2, 0.25) is 0 Å². The predicted molar refractivity (Wildman–Crippen MR) is 230 cm³/mol. The summed E-state index contributed by atoms with van der Waals surface area (Å²) in [6, 6.07) is 60.5. The molecule has 0 radical (unpaired) electrons. The third-order valence-electron chi connectivity index (χ3n) is 11.0. The third kappa shape index (κ3) is 4.55. The average Bonchev–Trinajstić information content (AvgIpc) is 3.90. The second-order valence-corrected chi connectivity index (χ2v) is 15.1. The van der Waals surface area contributed by atoms with Gasteiger partial charge in [0.25, 0.3) is 0 Å². The summed E-state index contributed by atoms with van der Waals surface area (Å²) in [5.74, 6) is 1.58. The SMILES string of the molecule is c1ccc(-n2c3ccccc3c3cc(-c4nc(-n5c6ccccc6c6cc7ccccc7cc65)c5c(n4)sc4cc(-c6ccccn6)ccc45)ccc32)cc1. The van der Waals surface area contributed by atoms with Gasteiger partial charge in [0.2, 0.25) is 0 Å². The molecule has 0 aliphatic carbocycles. The molecule has 5 nitrogen and oxygen atoms in total. The minimum absolute atomic E-state index is 0.698. The zero-order valence-electron chi connectivity index (χ0n) is 29.4. The van der Waals surface area contributed by atoms with Gasteiger partial charge in [-0.2, -0.15) is 0 Å². The van der Waals surface area contributed by atoms with Gasteiger partial charge < -0.3 is 4.57 Å². The largest absolute Gasteiger partial charge is 0.309 e. The van der Waals surface area contributed by atoms with Crippen LogP contribution in [0.5, 0.6) is 0 Å². The molecule has 12 aromatic rings. The van der Waals surface area contributed by atoms with Crippen molar-refractivity contribution in [3.63, 3.8) is 0 Å². The molecule has 0 saturated heterocycles. The lowest BCUT2D eigenvalue weighted by molar-refractivity contribution is 1.08. The first-order valence-electron chi connectivity index (χ1n) is 18.4. The van der Waals surface area contributed by atoms with Crippen molar-refractivity contribution in [2.24, 2.45) is 0 Å². The molecule has 0 aliphatic heterocycles. The summed E-state index contributed by atoms with van der Waals surface area (Å²) in [5, 5.41) is 9.36. The van der Waals surface area contributed by atoms with E-state index in [-0.39, 0.29) is 0 Å². The minimum atomic E-state index is 0.698. The van der Waals surface area contributed by atoms with Crippen molar-refractivity contribution in [1.82, 2.24) is 24.1 Å². The number of para-hydroxylation sites is 3. The van der Waals surface area contributed by atoms with Crippen molar-refractivity contribution >= 4 is 86.0 Å². The Morgan fingerprint density at radius 1 is 0.436 bits per heavy atom. The van der Waals surface area contributed by atoms with E-state index in [1.54, 1.807) is 11.3 Å². The van der Waals surface area contributed by atoms with Gasteiger partial charge in [-0.1, -0.05) is 97.1 Å². The molecule has 0 atom stereocenters. The van der Waals surface area contributed by atoms with E-state index in [0.29, 0.717) is 5.82 Å². The molecule has 256 valence electrons. The number of pyridine rings is 1. The lowest BCUT2D eigenvalue weighted by Gasteiger charge is -2.12. The Balaban J connectivity index is 1.17. The Kier molecular flexibility index (Phi) is 6.44. The van der Waals surface area contributed by atoms with Crippen LogP contribution in [0.25, 0.3) is 109 Å². The Morgan fingerprint density at radius 3 is 1.91 bits per heavy atom. The smallest absolute Gasteiger partial charge is 0.163 e. The maximum Gasteiger partial charge on any atom is 0.163 e. The van der Waals surface area contributed by atoms with Gasteiger partial charge in [0.05, 0.1) is 33.1 Å². The Labute approximate surface area is 319 Å². The molecule has 0 unspecified atom stereocenters. The van der Waals surface area contributed by atoms with Crippen LogP contribution in [-0.2, 0) is 0 Å². The van der Waals surface area contributed by atoms with E-state index in [0.717, 1.165) is 65.2 Å². The number of fused-ring (bicyclic) bond motifs is 10. The number of thiophene rings is 1. The molecule has 0 spiro atoms. The van der Waals surface area contributed by atoms with Crippen molar-refractivity contribution in [3.8, 4) is 34.2 Å². The Bertz CT molecular complexity index is 3490. The highest BCUT2D eigenvalue weighted by atomic mass is 32.1. The van der Waals surface area contributed by atoms with E-state index in [1.807, 2.05) is 18.3 Å². The molecular formula is C49H29N5S. The molecule has 5 aromatic heterocycles. The van der Waals surface area contributed by atoms with Crippen LogP contribution in [0, 0.1) is 0 Å². The van der Waals surface area contributed by atoms with Gasteiger partial charge in [-0.15, -0.1) is 11.3 Å². The molecule has 0 amide bonds. The van der Waals surface area contributed by atoms with Crippen molar-refractivity contribution in [1.29, 1.82) is 0 Å². The van der Waals surface area contributed by atoms with Crippen LogP contribution in [0.4, 0.5) is 0 Å². The highest BCUT2D eigenvalue weighted by Gasteiger charge is 2.22. The summed E-state index contributed by atoms with van der Waals surface area (Å²) in [4.78, 5) is 16.6. The van der Waals surface area contributed by atoms with E-state index in [4.69, 9.17) is 9.97 Å². The standard InChI is InChI=1S/C49H29N5S/c1-2-14-34(15-3-1)53-41-19-8-6-16-35(41)38-27-33(22-24-43(38)53)47-51-48(46-37-23-21-32(40-18-10-11-25-50-40)29-45(37)55-49(46)52-47)54-42-20-9-7-17-36(42)39-26-30-12-4-5-13-31(30)28-44(39)54/h1-29H. The highest BCUT2D eigenvalue weighted by Crippen LogP contribution is 2.43. The fourth-order valence-electron chi connectivity index (χ4n) is 8.49. The fraction of sp³-hybridized carbons (Fsp3) is 0. The van der Waals surface area contributed by atoms with Gasteiger partial charge in [0, 0.05) is 54.6 Å². The first-order valence-corrected chi connectivity index (χ1v) is 19.3. The minimum Gasteiger partial charge on any atom is -0.309 e. The molecule has 0 N–H and O–H groups in total. The number of benzene rings is 7. The second kappa shape index (κ2) is 11.7. The van der Waals surface area contributed by atoms with Crippen LogP contribution in [0.3, 0.4) is 0 Å². The van der Waals surface area contributed by atoms with Crippen LogP contribution < -0.4 is 0 Å². The topological polar surface area (TPSA) is 48.5 Å². The molecule has 7 aromatic carbocycles. The average molecular weight is 720 g/mol. The predicted octanol–water partition coefficient (Wildman–Crippen LogP) is 12.9. The number of hydrogen-bond acceptors (Lipinski definition) is 4. The molecule has 0 bridgehead atoms. The van der Waals surface area contributed by atoms with E-state index >= 15 is 0 Å². The molecular weight excluding hydrogens is 691 g/mol. The normalized spacial score (nSPS) is 12.0. The maximum atomic E-state index is 5.59. The molecule has 0 fully saturated rings. The van der Waals surface area contributed by atoms with Crippen LogP contribution in [0.15, 0.2) is 176 Å². The quantitative estimate of drug-likeness (QED) is 0.182. The van der Waals surface area contributed by atoms with Gasteiger partial charge in [0.15, 0.2) is 11.6 Å². The summed E-state index contributed by atoms with van der Waals surface area (Å²) in [5.41, 5.74) is 8.70. The number of hydrogen-bond donors (Lipinski definition) is 0. The van der Waals surface area contributed by atoms with Crippen molar-refractivity contribution in [3.05, 3.63) is 176 Å². The number of aromatic nitrogens is 5. The van der Waals surface area contributed by atoms with Crippen LogP contribution in [-0.4, -0.2) is 24.1 Å². The first kappa shape index (κ1) is 30.3. The van der Waals surface area contributed by atoms with Crippen LogP contribution >= 0.6 is 11.3 Å². The van der Waals surface area contributed by atoms with E-state index in [9.17, 15) is 0 Å². The molecule has 6 heteroatoms. The van der Waals surface area contributed by atoms with E-state index in [1.165, 1.54) is 37.8 Å². The number of nitrogens with zero attached hydrogens (tertiary/aromatic N) is 5. The zero-order chi connectivity index (χ0) is 36.0. The van der Waals surface area contributed by atoms with Gasteiger partial charge in [-0.05, 0) is 83.6 Å². The number of rotatable bonds is 4. The zero-order valence-corrected chi connectivity index (χ0v) is 30.2. The van der Waals surface area contributed by atoms with Gasteiger partial charge in [-0.25, -0.2) is 9.97 Å². The molecule has 5 heterocycles. The lowest BCUT2D eigenvalue weighted by atomic mass is 10.1. The van der Waals surface area contributed by atoms with Gasteiger partial charge in [-0.3, -0.25) is 9.55 Å². The van der Waals surface area contributed by atoms with Crippen LogP contribution in [0.1, 0.15) is 0 Å². The molecule has 0 aliphatic rings. The summed E-state index contributed by atoms with van der Waals surface area (Å²) < 4.78 is 5.86. The monoisotopic (exact) mass is 719 g/mol. The van der Waals surface area contributed by atoms with Gasteiger partial charge >= 0.3 is 0 Å². The summed E-state index contributed by atoms with van der Waals surface area (Å²) in [6.45, 7) is 0. The second-order valence-electron chi connectivity index (χ2n) is 14.1. The highest BCUT2D eigenvalue weighted by molar-refractivity contribution is 7.25. The molecule has 0 saturated carbocycles. The van der Waals surface area contributed by atoms with E-state index < -0.39 is 0 Å². The first-order chi connectivity index (χ1) is 27.3. The van der Waals surface area contributed by atoms with E-state index in [2.05, 4.69) is 172 Å². The lowest BCUT2D eigenvalue weighted by Crippen LogP contribution is -2.02. The van der Waals surface area contributed by atoms with Crippen molar-refractivity contribution < 1.29 is 0 Å². The summed E-state index contributed by atoms with van der Waals surface area (Å²) >= 11 is 1.72. The maximum absolute atomic E-state index is 5.59. The molecule has 12 rings (SSSR count). The fourth-order valence-corrected chi connectivity index (χ4v) is 9.60. The summed E-state index contributed by atoms with van der Waals surface area (Å²) in [6.07, 6.45) is 1.85.